The Morgan fingerprint density at radius 1 is 1.64 bits per heavy atom. The highest BCUT2D eigenvalue weighted by molar-refractivity contribution is 5.93. The van der Waals surface area contributed by atoms with Crippen LogP contribution in [-0.4, -0.2) is 22.8 Å². The molecule has 0 aliphatic heterocycles. The number of aromatic hydroxyl groups is 1. The number of ether oxygens (including phenoxy) is 1. The van der Waals surface area contributed by atoms with Crippen LogP contribution in [0.25, 0.3) is 0 Å². The first kappa shape index (κ1) is 10.1. The van der Waals surface area contributed by atoms with E-state index in [0.717, 1.165) is 4.57 Å². The molecule has 1 aromatic heterocycles. The van der Waals surface area contributed by atoms with Gasteiger partial charge in [0.15, 0.2) is 5.75 Å². The lowest BCUT2D eigenvalue weighted by Gasteiger charge is -2.06. The van der Waals surface area contributed by atoms with E-state index in [9.17, 15) is 14.7 Å². The van der Waals surface area contributed by atoms with Gasteiger partial charge in [-0.1, -0.05) is 0 Å². The quantitative estimate of drug-likeness (QED) is 0.591. The predicted molar refractivity (Wildman–Crippen MR) is 49.1 cm³/mol. The first-order chi connectivity index (χ1) is 6.49. The molecule has 0 atom stereocenters. The van der Waals surface area contributed by atoms with Crippen LogP contribution in [0.4, 0.5) is 5.69 Å². The van der Waals surface area contributed by atoms with Crippen molar-refractivity contribution in [2.45, 2.75) is 0 Å². The molecule has 0 aliphatic rings. The van der Waals surface area contributed by atoms with Crippen LogP contribution in [-0.2, 0) is 11.8 Å². The fourth-order valence-electron chi connectivity index (χ4n) is 1.01. The molecule has 0 fully saturated rings. The van der Waals surface area contributed by atoms with Crippen LogP contribution in [0.1, 0.15) is 10.4 Å². The summed E-state index contributed by atoms with van der Waals surface area (Å²) in [5.74, 6) is -1.29. The number of carbonyl (C=O) groups is 1. The topological polar surface area (TPSA) is 94.5 Å². The molecule has 1 rings (SSSR count). The lowest BCUT2D eigenvalue weighted by molar-refractivity contribution is 0.0596. The van der Waals surface area contributed by atoms with Gasteiger partial charge in [-0.15, -0.1) is 0 Å². The highest BCUT2D eigenvalue weighted by atomic mass is 16.5. The fourth-order valence-corrected chi connectivity index (χ4v) is 1.01. The van der Waals surface area contributed by atoms with Gasteiger partial charge in [-0.05, 0) is 0 Å². The second-order valence-corrected chi connectivity index (χ2v) is 2.71. The first-order valence-electron chi connectivity index (χ1n) is 3.75. The number of aryl methyl sites for hydroxylation is 1. The number of hydrogen-bond donors (Lipinski definition) is 2. The summed E-state index contributed by atoms with van der Waals surface area (Å²) in [7, 11) is 2.59. The Kier molecular flexibility index (Phi) is 2.46. The Labute approximate surface area is 79.5 Å². The molecule has 0 saturated carbocycles. The highest BCUT2D eigenvalue weighted by Crippen LogP contribution is 2.21. The zero-order valence-corrected chi connectivity index (χ0v) is 7.77. The zero-order valence-electron chi connectivity index (χ0n) is 7.77. The minimum atomic E-state index is -0.746. The number of nitrogens with zero attached hydrogens (tertiary/aromatic N) is 1. The van der Waals surface area contributed by atoms with Crippen molar-refractivity contribution in [1.82, 2.24) is 4.57 Å². The molecule has 14 heavy (non-hydrogen) atoms. The maximum absolute atomic E-state index is 11.2. The second-order valence-electron chi connectivity index (χ2n) is 2.71. The number of methoxy groups -OCH3 is 1. The van der Waals surface area contributed by atoms with E-state index in [-0.39, 0.29) is 11.3 Å². The van der Waals surface area contributed by atoms with Gasteiger partial charge in [0.2, 0.25) is 0 Å². The lowest BCUT2D eigenvalue weighted by Crippen LogP contribution is -2.22. The van der Waals surface area contributed by atoms with Crippen LogP contribution in [0.5, 0.6) is 5.75 Å². The van der Waals surface area contributed by atoms with E-state index in [2.05, 4.69) is 4.74 Å². The molecule has 3 N–H and O–H groups in total. The summed E-state index contributed by atoms with van der Waals surface area (Å²) in [6, 6.07) is 0. The third-order valence-electron chi connectivity index (χ3n) is 1.79. The van der Waals surface area contributed by atoms with Gasteiger partial charge in [0.1, 0.15) is 11.3 Å². The average Bonchev–Trinajstić information content (AvgIpc) is 2.19. The summed E-state index contributed by atoms with van der Waals surface area (Å²) in [5.41, 5.74) is 4.23. The van der Waals surface area contributed by atoms with Crippen LogP contribution < -0.4 is 11.3 Å². The fraction of sp³-hybridized carbons (Fsp3) is 0.250. The summed E-state index contributed by atoms with van der Waals surface area (Å²) in [6.45, 7) is 0. The molecule has 0 aromatic carbocycles. The number of esters is 1. The number of pyridine rings is 1. The van der Waals surface area contributed by atoms with E-state index >= 15 is 0 Å². The van der Waals surface area contributed by atoms with E-state index in [0.29, 0.717) is 0 Å². The highest BCUT2D eigenvalue weighted by Gasteiger charge is 2.17. The third kappa shape index (κ3) is 1.41. The minimum absolute atomic E-state index is 0.132. The molecule has 0 saturated heterocycles. The van der Waals surface area contributed by atoms with Crippen molar-refractivity contribution >= 4 is 11.7 Å². The van der Waals surface area contributed by atoms with Crippen molar-refractivity contribution < 1.29 is 14.6 Å². The Morgan fingerprint density at radius 3 is 2.71 bits per heavy atom. The van der Waals surface area contributed by atoms with Crippen molar-refractivity contribution in [3.8, 4) is 5.75 Å². The Balaban J connectivity index is 3.48. The predicted octanol–water partition coefficient (Wildman–Crippen LogP) is -0.540. The standard InChI is InChI=1S/C8H10N2O4/c1-10-3-4(8(13)14-2)6(11)5(9)7(10)12/h3,11H,9H2,1-2H3. The van der Waals surface area contributed by atoms with Gasteiger partial charge < -0.3 is 20.1 Å². The molecule has 0 spiro atoms. The molecule has 0 unspecified atom stereocenters. The van der Waals surface area contributed by atoms with Crippen molar-refractivity contribution in [2.24, 2.45) is 7.05 Å². The van der Waals surface area contributed by atoms with E-state index in [1.807, 2.05) is 0 Å². The average molecular weight is 198 g/mol. The maximum Gasteiger partial charge on any atom is 0.343 e. The zero-order chi connectivity index (χ0) is 10.9. The van der Waals surface area contributed by atoms with Crippen LogP contribution in [0.2, 0.25) is 0 Å². The normalized spacial score (nSPS) is 9.86. The van der Waals surface area contributed by atoms with Crippen LogP contribution >= 0.6 is 0 Å². The van der Waals surface area contributed by atoms with Crippen molar-refractivity contribution in [1.29, 1.82) is 0 Å². The maximum atomic E-state index is 11.2. The van der Waals surface area contributed by atoms with E-state index in [4.69, 9.17) is 5.73 Å². The van der Waals surface area contributed by atoms with Crippen molar-refractivity contribution in [3.05, 3.63) is 22.1 Å². The number of carbonyl (C=O) groups excluding carboxylic acids is 1. The number of nitrogens with two attached hydrogens (primary N) is 1. The minimum Gasteiger partial charge on any atom is -0.505 e. The molecule has 0 aliphatic carbocycles. The molecule has 6 nitrogen and oxygen atoms in total. The molecule has 76 valence electrons. The van der Waals surface area contributed by atoms with Gasteiger partial charge >= 0.3 is 5.97 Å². The molecule has 0 radical (unpaired) electrons. The molecular formula is C8H10N2O4. The van der Waals surface area contributed by atoms with Crippen LogP contribution in [0.15, 0.2) is 11.0 Å². The summed E-state index contributed by atoms with van der Waals surface area (Å²) >= 11 is 0. The molecular weight excluding hydrogens is 188 g/mol. The monoisotopic (exact) mass is 198 g/mol. The van der Waals surface area contributed by atoms with Crippen LogP contribution in [0, 0.1) is 0 Å². The summed E-state index contributed by atoms with van der Waals surface area (Å²) in [6.07, 6.45) is 1.17. The van der Waals surface area contributed by atoms with E-state index in [1.54, 1.807) is 0 Å². The van der Waals surface area contributed by atoms with Gasteiger partial charge in [0.25, 0.3) is 5.56 Å². The van der Waals surface area contributed by atoms with E-state index in [1.165, 1.54) is 20.4 Å². The van der Waals surface area contributed by atoms with Gasteiger partial charge in [-0.2, -0.15) is 0 Å². The Morgan fingerprint density at radius 2 is 2.21 bits per heavy atom. The third-order valence-corrected chi connectivity index (χ3v) is 1.79. The summed E-state index contributed by atoms with van der Waals surface area (Å²) < 4.78 is 5.50. The molecule has 6 heteroatoms. The Hall–Kier alpha value is -1.98. The summed E-state index contributed by atoms with van der Waals surface area (Å²) in [5, 5.41) is 9.37. The first-order valence-corrected chi connectivity index (χ1v) is 3.75. The molecule has 0 amide bonds. The number of aromatic nitrogens is 1. The van der Waals surface area contributed by atoms with Gasteiger partial charge in [0.05, 0.1) is 7.11 Å². The van der Waals surface area contributed by atoms with Gasteiger partial charge in [-0.3, -0.25) is 4.79 Å². The van der Waals surface area contributed by atoms with Crippen LogP contribution in [0.3, 0.4) is 0 Å². The lowest BCUT2D eigenvalue weighted by atomic mass is 10.2. The van der Waals surface area contributed by atoms with Gasteiger partial charge in [-0.25, -0.2) is 4.79 Å². The number of nitrogen functional groups attached to an aromatic ring is 1. The van der Waals surface area contributed by atoms with Gasteiger partial charge in [0, 0.05) is 13.2 Å². The SMILES string of the molecule is COC(=O)c1cn(C)c(=O)c(N)c1O. The van der Waals surface area contributed by atoms with Crippen molar-refractivity contribution in [3.63, 3.8) is 0 Å². The number of hydrogen-bond acceptors (Lipinski definition) is 5. The number of anilines is 1. The molecule has 1 heterocycles. The van der Waals surface area contributed by atoms with Crippen molar-refractivity contribution in [2.75, 3.05) is 12.8 Å². The molecule has 1 aromatic rings. The largest absolute Gasteiger partial charge is 0.505 e. The smallest absolute Gasteiger partial charge is 0.343 e. The summed E-state index contributed by atoms with van der Waals surface area (Å²) in [4.78, 5) is 22.3. The number of rotatable bonds is 1. The Bertz CT molecular complexity index is 436. The molecule has 0 bridgehead atoms. The van der Waals surface area contributed by atoms with E-state index < -0.39 is 17.3 Å². The second kappa shape index (κ2) is 3.41.